The lowest BCUT2D eigenvalue weighted by atomic mass is 10.1. The maximum atomic E-state index is 10.00. The van der Waals surface area contributed by atoms with Crippen molar-refractivity contribution in [2.75, 3.05) is 12.4 Å². The minimum atomic E-state index is -0.224. The van der Waals surface area contributed by atoms with Gasteiger partial charge < -0.3 is 9.84 Å². The predicted octanol–water partition coefficient (Wildman–Crippen LogP) is 4.25. The molecule has 1 aliphatic rings. The Balaban J connectivity index is 1.61. The van der Waals surface area contributed by atoms with E-state index in [4.69, 9.17) is 4.74 Å². The maximum absolute atomic E-state index is 10.00. The summed E-state index contributed by atoms with van der Waals surface area (Å²) in [7, 11) is 0. The fraction of sp³-hybridized carbons (Fsp3) is 0.600. The Kier molecular flexibility index (Phi) is 6.71. The minimum absolute atomic E-state index is 0.224. The molecule has 0 aliphatic carbocycles. The highest BCUT2D eigenvalue weighted by atomic mass is 79.9. The van der Waals surface area contributed by atoms with Crippen molar-refractivity contribution in [2.45, 2.75) is 49.2 Å². The lowest BCUT2D eigenvalue weighted by molar-refractivity contribution is 0.0966. The molecule has 0 bridgehead atoms. The van der Waals surface area contributed by atoms with Gasteiger partial charge in [0.05, 0.1) is 12.2 Å². The number of aliphatic hydroxyl groups is 1. The van der Waals surface area contributed by atoms with Gasteiger partial charge in [-0.25, -0.2) is 0 Å². The molecular formula is C15H21BrO2S. The molecule has 106 valence electrons. The highest BCUT2D eigenvalue weighted by Gasteiger charge is 2.15. The molecule has 1 N–H and O–H groups in total. The summed E-state index contributed by atoms with van der Waals surface area (Å²) in [5.41, 5.74) is 0. The van der Waals surface area contributed by atoms with E-state index in [-0.39, 0.29) is 6.10 Å². The molecule has 1 aromatic carbocycles. The van der Waals surface area contributed by atoms with Crippen LogP contribution >= 0.6 is 27.7 Å². The number of thioether (sulfide) groups is 1. The molecule has 2 atom stereocenters. The lowest BCUT2D eigenvalue weighted by Crippen LogP contribution is -2.12. The van der Waals surface area contributed by atoms with Crippen molar-refractivity contribution < 1.29 is 9.84 Å². The molecule has 2 rings (SSSR count). The summed E-state index contributed by atoms with van der Waals surface area (Å²) in [6.45, 7) is 0.922. The topological polar surface area (TPSA) is 29.5 Å². The van der Waals surface area contributed by atoms with Gasteiger partial charge in [0, 0.05) is 21.7 Å². The molecule has 0 radical (unpaired) electrons. The van der Waals surface area contributed by atoms with Gasteiger partial charge in [0.25, 0.3) is 0 Å². The molecule has 0 amide bonds. The second kappa shape index (κ2) is 8.30. The first kappa shape index (κ1) is 15.4. The summed E-state index contributed by atoms with van der Waals surface area (Å²) < 4.78 is 6.69. The van der Waals surface area contributed by atoms with Gasteiger partial charge in [-0.15, -0.1) is 11.8 Å². The molecule has 0 aromatic heterocycles. The van der Waals surface area contributed by atoms with Gasteiger partial charge in [-0.2, -0.15) is 0 Å². The lowest BCUT2D eigenvalue weighted by Gasteiger charge is -2.13. The smallest absolute Gasteiger partial charge is 0.0634 e. The number of benzene rings is 1. The SMILES string of the molecule is OC(CCCC1CCCO1)CSc1ccccc1Br. The number of ether oxygens (including phenoxy) is 1. The molecule has 1 heterocycles. The summed E-state index contributed by atoms with van der Waals surface area (Å²) in [5, 5.41) is 10.00. The Bertz CT molecular complexity index is 380. The second-order valence-electron chi connectivity index (χ2n) is 4.96. The van der Waals surface area contributed by atoms with Crippen molar-refractivity contribution in [1.29, 1.82) is 0 Å². The summed E-state index contributed by atoms with van der Waals surface area (Å²) >= 11 is 5.23. The van der Waals surface area contributed by atoms with Crippen molar-refractivity contribution in [3.8, 4) is 0 Å². The second-order valence-corrected chi connectivity index (χ2v) is 6.88. The van der Waals surface area contributed by atoms with E-state index in [1.54, 1.807) is 11.8 Å². The number of hydrogen-bond donors (Lipinski definition) is 1. The fourth-order valence-corrected chi connectivity index (χ4v) is 3.83. The summed E-state index contributed by atoms with van der Waals surface area (Å²) in [6.07, 6.45) is 5.64. The van der Waals surface area contributed by atoms with Crippen LogP contribution in [0.1, 0.15) is 32.1 Å². The van der Waals surface area contributed by atoms with Crippen molar-refractivity contribution in [3.05, 3.63) is 28.7 Å². The third-order valence-corrected chi connectivity index (χ3v) is 5.53. The maximum Gasteiger partial charge on any atom is 0.0634 e. The summed E-state index contributed by atoms with van der Waals surface area (Å²) in [5.74, 6) is 0.758. The Morgan fingerprint density at radius 3 is 3.00 bits per heavy atom. The Morgan fingerprint density at radius 2 is 2.26 bits per heavy atom. The van der Waals surface area contributed by atoms with Crippen LogP contribution in [0, 0.1) is 0 Å². The van der Waals surface area contributed by atoms with E-state index < -0.39 is 0 Å². The minimum Gasteiger partial charge on any atom is -0.392 e. The molecule has 19 heavy (non-hydrogen) atoms. The van der Waals surface area contributed by atoms with E-state index >= 15 is 0 Å². The van der Waals surface area contributed by atoms with Gasteiger partial charge in [0.15, 0.2) is 0 Å². The van der Waals surface area contributed by atoms with Gasteiger partial charge in [0.1, 0.15) is 0 Å². The van der Waals surface area contributed by atoms with Crippen LogP contribution in [0.5, 0.6) is 0 Å². The van der Waals surface area contributed by atoms with Crippen molar-refractivity contribution >= 4 is 27.7 Å². The average Bonchev–Trinajstić information content (AvgIpc) is 2.91. The number of halogens is 1. The van der Waals surface area contributed by atoms with Crippen LogP contribution in [0.3, 0.4) is 0 Å². The fourth-order valence-electron chi connectivity index (χ4n) is 2.28. The molecule has 2 unspecified atom stereocenters. The Morgan fingerprint density at radius 1 is 1.42 bits per heavy atom. The molecule has 4 heteroatoms. The van der Waals surface area contributed by atoms with E-state index in [0.29, 0.717) is 6.10 Å². The van der Waals surface area contributed by atoms with E-state index in [0.717, 1.165) is 36.1 Å². The van der Waals surface area contributed by atoms with Crippen LogP contribution < -0.4 is 0 Å². The van der Waals surface area contributed by atoms with E-state index in [1.807, 2.05) is 18.2 Å². The number of aliphatic hydroxyl groups excluding tert-OH is 1. The highest BCUT2D eigenvalue weighted by molar-refractivity contribution is 9.10. The van der Waals surface area contributed by atoms with Gasteiger partial charge >= 0.3 is 0 Å². The van der Waals surface area contributed by atoms with Gasteiger partial charge in [-0.1, -0.05) is 12.1 Å². The first-order valence-electron chi connectivity index (χ1n) is 6.92. The van der Waals surface area contributed by atoms with Crippen LogP contribution in [0.25, 0.3) is 0 Å². The van der Waals surface area contributed by atoms with Crippen molar-refractivity contribution in [1.82, 2.24) is 0 Å². The van der Waals surface area contributed by atoms with Crippen LogP contribution in [-0.2, 0) is 4.74 Å². The molecule has 1 aliphatic heterocycles. The molecule has 1 aromatic rings. The normalized spacial score (nSPS) is 20.6. The van der Waals surface area contributed by atoms with E-state index in [2.05, 4.69) is 22.0 Å². The average molecular weight is 345 g/mol. The van der Waals surface area contributed by atoms with Crippen LogP contribution in [0.2, 0.25) is 0 Å². The van der Waals surface area contributed by atoms with Crippen molar-refractivity contribution in [2.24, 2.45) is 0 Å². The van der Waals surface area contributed by atoms with E-state index in [9.17, 15) is 5.11 Å². The number of hydrogen-bond acceptors (Lipinski definition) is 3. The van der Waals surface area contributed by atoms with Crippen LogP contribution in [0.15, 0.2) is 33.6 Å². The van der Waals surface area contributed by atoms with Crippen LogP contribution in [-0.4, -0.2) is 29.7 Å². The monoisotopic (exact) mass is 344 g/mol. The largest absolute Gasteiger partial charge is 0.392 e. The molecular weight excluding hydrogens is 324 g/mol. The quantitative estimate of drug-likeness (QED) is 0.749. The van der Waals surface area contributed by atoms with Gasteiger partial charge in [-0.3, -0.25) is 0 Å². The molecule has 1 fully saturated rings. The third-order valence-electron chi connectivity index (χ3n) is 3.36. The highest BCUT2D eigenvalue weighted by Crippen LogP contribution is 2.28. The molecule has 2 nitrogen and oxygen atoms in total. The summed E-state index contributed by atoms with van der Waals surface area (Å²) in [4.78, 5) is 1.20. The standard InChI is InChI=1S/C15H21BrO2S/c16-14-8-1-2-9-15(14)19-11-12(17)5-3-6-13-7-4-10-18-13/h1-2,8-9,12-13,17H,3-7,10-11H2. The van der Waals surface area contributed by atoms with Crippen molar-refractivity contribution in [3.63, 3.8) is 0 Å². The Labute approximate surface area is 128 Å². The molecule has 0 saturated carbocycles. The van der Waals surface area contributed by atoms with Crippen LogP contribution in [0.4, 0.5) is 0 Å². The van der Waals surface area contributed by atoms with Gasteiger partial charge in [0.2, 0.25) is 0 Å². The number of rotatable bonds is 7. The zero-order valence-corrected chi connectivity index (χ0v) is 13.5. The third kappa shape index (κ3) is 5.46. The molecule has 1 saturated heterocycles. The molecule has 0 spiro atoms. The first-order valence-corrected chi connectivity index (χ1v) is 8.70. The van der Waals surface area contributed by atoms with E-state index in [1.165, 1.54) is 17.7 Å². The zero-order valence-electron chi connectivity index (χ0n) is 11.1. The zero-order chi connectivity index (χ0) is 13.5. The van der Waals surface area contributed by atoms with Gasteiger partial charge in [-0.05, 0) is 60.2 Å². The Hall–Kier alpha value is -0.0300. The predicted molar refractivity (Wildman–Crippen MR) is 83.7 cm³/mol. The summed E-state index contributed by atoms with van der Waals surface area (Å²) in [6, 6.07) is 8.14. The first-order chi connectivity index (χ1) is 9.25.